The number of thioether (sulfide) groups is 1. The molecule has 1 aliphatic rings. The summed E-state index contributed by atoms with van der Waals surface area (Å²) in [6.07, 6.45) is 3.52. The Morgan fingerprint density at radius 2 is 1.95 bits per heavy atom. The Morgan fingerprint density at radius 1 is 1.35 bits per heavy atom. The Labute approximate surface area is 123 Å². The first kappa shape index (κ1) is 16.8. The van der Waals surface area contributed by atoms with Crippen LogP contribution in [0.5, 0.6) is 0 Å². The van der Waals surface area contributed by atoms with Gasteiger partial charge in [0.1, 0.15) is 6.04 Å². The second kappa shape index (κ2) is 8.14. The fraction of sp³-hybridized carbons (Fsp3) is 0.769. The third-order valence-corrected chi connectivity index (χ3v) is 4.18. The van der Waals surface area contributed by atoms with E-state index in [1.54, 1.807) is 16.7 Å². The lowest BCUT2D eigenvalue weighted by atomic mass is 9.95. The molecule has 2 N–H and O–H groups in total. The highest BCUT2D eigenvalue weighted by Gasteiger charge is 2.28. The van der Waals surface area contributed by atoms with Crippen molar-refractivity contribution in [2.24, 2.45) is 5.92 Å². The lowest BCUT2D eigenvalue weighted by Crippen LogP contribution is -2.47. The minimum Gasteiger partial charge on any atom is -0.480 e. The van der Waals surface area contributed by atoms with Gasteiger partial charge in [-0.15, -0.1) is 0 Å². The molecule has 0 bridgehead atoms. The molecule has 7 heteroatoms. The van der Waals surface area contributed by atoms with Gasteiger partial charge in [0.25, 0.3) is 0 Å². The number of nitrogens with zero attached hydrogens (tertiary/aromatic N) is 1. The summed E-state index contributed by atoms with van der Waals surface area (Å²) in [4.78, 5) is 36.1. The minimum atomic E-state index is -0.992. The Kier molecular flexibility index (Phi) is 6.84. The van der Waals surface area contributed by atoms with Gasteiger partial charge in [-0.25, -0.2) is 4.79 Å². The molecule has 0 radical (unpaired) electrons. The molecule has 0 aromatic heterocycles. The molecule has 0 saturated carbocycles. The molecule has 1 saturated heterocycles. The molecule has 20 heavy (non-hydrogen) atoms. The number of amides is 2. The van der Waals surface area contributed by atoms with Gasteiger partial charge in [-0.3, -0.25) is 9.59 Å². The Hall–Kier alpha value is -1.24. The van der Waals surface area contributed by atoms with Crippen LogP contribution < -0.4 is 5.32 Å². The number of hydrogen-bond acceptors (Lipinski definition) is 4. The zero-order valence-corrected chi connectivity index (χ0v) is 12.7. The van der Waals surface area contributed by atoms with E-state index in [1.807, 2.05) is 6.26 Å². The monoisotopic (exact) mass is 302 g/mol. The third-order valence-electron chi connectivity index (χ3n) is 3.54. The zero-order valence-electron chi connectivity index (χ0n) is 11.9. The van der Waals surface area contributed by atoms with Gasteiger partial charge in [0, 0.05) is 25.9 Å². The van der Waals surface area contributed by atoms with Crippen LogP contribution in [0.25, 0.3) is 0 Å². The van der Waals surface area contributed by atoms with Crippen LogP contribution >= 0.6 is 11.8 Å². The number of rotatable bonds is 6. The molecule has 1 rings (SSSR count). The van der Waals surface area contributed by atoms with E-state index in [2.05, 4.69) is 5.32 Å². The van der Waals surface area contributed by atoms with E-state index in [9.17, 15) is 14.4 Å². The van der Waals surface area contributed by atoms with Crippen LogP contribution in [0.1, 0.15) is 26.2 Å². The normalized spacial score (nSPS) is 17.6. The molecule has 1 aliphatic heterocycles. The van der Waals surface area contributed by atoms with E-state index in [1.165, 1.54) is 6.92 Å². The quantitative estimate of drug-likeness (QED) is 0.749. The van der Waals surface area contributed by atoms with Crippen LogP contribution in [-0.2, 0) is 14.4 Å². The van der Waals surface area contributed by atoms with Crippen LogP contribution in [0.4, 0.5) is 0 Å². The number of carboxylic acid groups (broad SMARTS) is 1. The van der Waals surface area contributed by atoms with Gasteiger partial charge in [-0.2, -0.15) is 11.8 Å². The number of nitrogens with one attached hydrogen (secondary N) is 1. The van der Waals surface area contributed by atoms with Crippen LogP contribution in [0.2, 0.25) is 0 Å². The van der Waals surface area contributed by atoms with Gasteiger partial charge < -0.3 is 15.3 Å². The Bertz CT molecular complexity index is 367. The van der Waals surface area contributed by atoms with Gasteiger partial charge in [0.15, 0.2) is 0 Å². The summed E-state index contributed by atoms with van der Waals surface area (Å²) in [5.74, 6) is -0.677. The molecule has 1 unspecified atom stereocenters. The summed E-state index contributed by atoms with van der Waals surface area (Å²) in [7, 11) is 0. The van der Waals surface area contributed by atoms with Crippen LogP contribution in [-0.4, -0.2) is 58.9 Å². The fourth-order valence-corrected chi connectivity index (χ4v) is 2.71. The molecule has 1 heterocycles. The average molecular weight is 302 g/mol. The van der Waals surface area contributed by atoms with Crippen molar-refractivity contribution in [3.05, 3.63) is 0 Å². The molecule has 0 aliphatic carbocycles. The smallest absolute Gasteiger partial charge is 0.326 e. The number of hydrogen-bond donors (Lipinski definition) is 2. The molecule has 1 fully saturated rings. The van der Waals surface area contributed by atoms with E-state index < -0.39 is 12.0 Å². The fourth-order valence-electron chi connectivity index (χ4n) is 2.24. The molecule has 0 spiro atoms. The van der Waals surface area contributed by atoms with Gasteiger partial charge in [-0.05, 0) is 31.3 Å². The molecule has 114 valence electrons. The Morgan fingerprint density at radius 3 is 2.40 bits per heavy atom. The molecule has 1 atom stereocenters. The number of likely N-dealkylation sites (tertiary alicyclic amines) is 1. The highest BCUT2D eigenvalue weighted by Crippen LogP contribution is 2.17. The summed E-state index contributed by atoms with van der Waals surface area (Å²) in [5, 5.41) is 11.7. The van der Waals surface area contributed by atoms with E-state index in [-0.39, 0.29) is 17.7 Å². The van der Waals surface area contributed by atoms with Gasteiger partial charge >= 0.3 is 5.97 Å². The van der Waals surface area contributed by atoms with Crippen LogP contribution in [0.15, 0.2) is 0 Å². The van der Waals surface area contributed by atoms with Crippen molar-refractivity contribution < 1.29 is 19.5 Å². The maximum absolute atomic E-state index is 12.1. The van der Waals surface area contributed by atoms with Crippen molar-refractivity contribution in [1.29, 1.82) is 0 Å². The van der Waals surface area contributed by atoms with Gasteiger partial charge in [-0.1, -0.05) is 0 Å². The number of piperidine rings is 1. The van der Waals surface area contributed by atoms with Gasteiger partial charge in [0.2, 0.25) is 11.8 Å². The summed E-state index contributed by atoms with van der Waals surface area (Å²) in [5.41, 5.74) is 0. The number of carbonyl (C=O) groups is 3. The molecular weight excluding hydrogens is 280 g/mol. The first-order valence-electron chi connectivity index (χ1n) is 6.73. The predicted octanol–water partition coefficient (Wildman–Crippen LogP) is 0.567. The van der Waals surface area contributed by atoms with Crippen LogP contribution in [0.3, 0.4) is 0 Å². The van der Waals surface area contributed by atoms with Gasteiger partial charge in [0.05, 0.1) is 0 Å². The minimum absolute atomic E-state index is 0.0206. The van der Waals surface area contributed by atoms with Crippen molar-refractivity contribution in [3.63, 3.8) is 0 Å². The average Bonchev–Trinajstić information content (AvgIpc) is 2.42. The van der Waals surface area contributed by atoms with E-state index in [4.69, 9.17) is 5.11 Å². The van der Waals surface area contributed by atoms with E-state index >= 15 is 0 Å². The molecule has 0 aromatic rings. The largest absolute Gasteiger partial charge is 0.480 e. The van der Waals surface area contributed by atoms with E-state index in [0.717, 1.165) is 0 Å². The van der Waals surface area contributed by atoms with Crippen LogP contribution in [0, 0.1) is 5.92 Å². The summed E-state index contributed by atoms with van der Waals surface area (Å²) in [6, 6.07) is -0.819. The topological polar surface area (TPSA) is 86.7 Å². The Balaban J connectivity index is 2.45. The molecule has 0 aromatic carbocycles. The van der Waals surface area contributed by atoms with Crippen molar-refractivity contribution in [1.82, 2.24) is 10.2 Å². The highest BCUT2D eigenvalue weighted by molar-refractivity contribution is 7.98. The predicted molar refractivity (Wildman–Crippen MR) is 77.5 cm³/mol. The maximum atomic E-state index is 12.1. The summed E-state index contributed by atoms with van der Waals surface area (Å²) in [6.45, 7) is 2.65. The summed E-state index contributed by atoms with van der Waals surface area (Å²) >= 11 is 1.55. The van der Waals surface area contributed by atoms with E-state index in [0.29, 0.717) is 38.1 Å². The zero-order chi connectivity index (χ0) is 15.1. The maximum Gasteiger partial charge on any atom is 0.326 e. The molecule has 6 nitrogen and oxygen atoms in total. The highest BCUT2D eigenvalue weighted by atomic mass is 32.2. The molecular formula is C13H22N2O4S. The lowest BCUT2D eigenvalue weighted by molar-refractivity contribution is -0.143. The first-order chi connectivity index (χ1) is 9.45. The number of carbonyl (C=O) groups excluding carboxylic acids is 2. The van der Waals surface area contributed by atoms with Crippen molar-refractivity contribution in [2.75, 3.05) is 25.1 Å². The number of aliphatic carboxylic acids is 1. The third kappa shape index (κ3) is 5.03. The SMILES string of the molecule is CSCCC(NC(=O)C1CCN(C(C)=O)CC1)C(=O)O. The standard InChI is InChI=1S/C13H22N2O4S/c1-9(16)15-6-3-10(4-7-15)12(17)14-11(13(18)19)5-8-20-2/h10-11H,3-8H2,1-2H3,(H,14,17)(H,18,19). The summed E-state index contributed by atoms with van der Waals surface area (Å²) < 4.78 is 0. The first-order valence-corrected chi connectivity index (χ1v) is 8.12. The van der Waals surface area contributed by atoms with Crippen molar-refractivity contribution in [3.8, 4) is 0 Å². The molecule has 2 amide bonds. The van der Waals surface area contributed by atoms with Crippen molar-refractivity contribution >= 4 is 29.5 Å². The second-order valence-electron chi connectivity index (χ2n) is 4.96. The number of carboxylic acids is 1. The van der Waals surface area contributed by atoms with Crippen molar-refractivity contribution in [2.45, 2.75) is 32.2 Å². The second-order valence-corrected chi connectivity index (χ2v) is 5.95. The lowest BCUT2D eigenvalue weighted by Gasteiger charge is -2.31.